The average Bonchev–Trinajstić information content (AvgIpc) is 2.92. The third-order valence-electron chi connectivity index (χ3n) is 3.15. The van der Waals surface area contributed by atoms with Crippen LogP contribution in [0.15, 0.2) is 53.0 Å². The number of para-hydroxylation sites is 1. The summed E-state index contributed by atoms with van der Waals surface area (Å²) >= 11 is 5.00. The van der Waals surface area contributed by atoms with Gasteiger partial charge >= 0.3 is 5.97 Å². The number of carboxylic acids is 1. The van der Waals surface area contributed by atoms with Gasteiger partial charge in [-0.05, 0) is 35.4 Å². The van der Waals surface area contributed by atoms with Crippen molar-refractivity contribution < 1.29 is 9.90 Å². The molecule has 1 aromatic heterocycles. The molecule has 0 spiro atoms. The molecule has 3 aromatic rings. The summed E-state index contributed by atoms with van der Waals surface area (Å²) in [6.45, 7) is 0. The molecule has 0 saturated heterocycles. The molecule has 0 atom stereocenters. The van der Waals surface area contributed by atoms with Crippen LogP contribution in [-0.4, -0.2) is 16.1 Å². The highest BCUT2D eigenvalue weighted by atomic mass is 79.9. The molecule has 5 heteroatoms. The van der Waals surface area contributed by atoms with Crippen LogP contribution in [0, 0.1) is 0 Å². The highest BCUT2D eigenvalue weighted by molar-refractivity contribution is 9.10. The molecular weight excluding hydrogens is 362 g/mol. The van der Waals surface area contributed by atoms with E-state index in [1.807, 2.05) is 54.6 Å². The molecule has 0 aliphatic heterocycles. The van der Waals surface area contributed by atoms with Crippen molar-refractivity contribution in [1.29, 1.82) is 0 Å². The van der Waals surface area contributed by atoms with E-state index in [1.165, 1.54) is 11.3 Å². The molecule has 0 fully saturated rings. The van der Waals surface area contributed by atoms with Crippen LogP contribution in [0.3, 0.4) is 0 Å². The van der Waals surface area contributed by atoms with Crippen LogP contribution in [0.2, 0.25) is 0 Å². The quantitative estimate of drug-likeness (QED) is 0.693. The smallest absolute Gasteiger partial charge is 0.307 e. The minimum Gasteiger partial charge on any atom is -0.481 e. The van der Waals surface area contributed by atoms with E-state index in [0.717, 1.165) is 25.3 Å². The summed E-state index contributed by atoms with van der Waals surface area (Å²) in [7, 11) is 0. The zero-order chi connectivity index (χ0) is 15.5. The lowest BCUT2D eigenvalue weighted by atomic mass is 10.1. The Hall–Kier alpha value is -1.98. The third kappa shape index (κ3) is 3.26. The molecule has 0 aliphatic rings. The summed E-state index contributed by atoms with van der Waals surface area (Å²) in [4.78, 5) is 15.8. The van der Waals surface area contributed by atoms with E-state index in [9.17, 15) is 9.90 Å². The number of hydrogen-bond donors (Lipinski definition) is 1. The molecule has 0 radical (unpaired) electrons. The lowest BCUT2D eigenvalue weighted by Crippen LogP contribution is -1.97. The van der Waals surface area contributed by atoms with E-state index < -0.39 is 5.97 Å². The summed E-state index contributed by atoms with van der Waals surface area (Å²) in [5.41, 5.74) is 2.55. The largest absolute Gasteiger partial charge is 0.481 e. The number of fused-ring (bicyclic) bond motifs is 1. The van der Waals surface area contributed by atoms with Crippen molar-refractivity contribution in [3.63, 3.8) is 0 Å². The lowest BCUT2D eigenvalue weighted by Gasteiger charge is -2.03. The average molecular weight is 374 g/mol. The predicted octanol–water partition coefficient (Wildman–Crippen LogP) is 5.07. The number of hydrogen-bond acceptors (Lipinski definition) is 3. The molecule has 0 amide bonds. The zero-order valence-corrected chi connectivity index (χ0v) is 13.9. The Labute approximate surface area is 140 Å². The minimum absolute atomic E-state index is 0.0544. The Morgan fingerprint density at radius 2 is 1.91 bits per heavy atom. The first-order chi connectivity index (χ1) is 10.6. The number of halogens is 1. The van der Waals surface area contributed by atoms with Gasteiger partial charge in [-0.15, -0.1) is 11.3 Å². The van der Waals surface area contributed by atoms with Gasteiger partial charge in [0.1, 0.15) is 5.01 Å². The van der Waals surface area contributed by atoms with Gasteiger partial charge < -0.3 is 5.11 Å². The summed E-state index contributed by atoms with van der Waals surface area (Å²) < 4.78 is 1.99. The van der Waals surface area contributed by atoms with Crippen LogP contribution in [-0.2, 0) is 4.79 Å². The van der Waals surface area contributed by atoms with Crippen LogP contribution in [0.4, 0.5) is 0 Å². The van der Waals surface area contributed by atoms with Crippen molar-refractivity contribution in [1.82, 2.24) is 4.98 Å². The van der Waals surface area contributed by atoms with Gasteiger partial charge in [0.2, 0.25) is 0 Å². The molecule has 0 saturated carbocycles. The van der Waals surface area contributed by atoms with Gasteiger partial charge in [0.15, 0.2) is 0 Å². The van der Waals surface area contributed by atoms with E-state index in [-0.39, 0.29) is 6.42 Å². The zero-order valence-electron chi connectivity index (χ0n) is 11.5. The van der Waals surface area contributed by atoms with Crippen molar-refractivity contribution in [3.05, 3.63) is 63.6 Å². The highest BCUT2D eigenvalue weighted by Crippen LogP contribution is 2.31. The Kier molecular flexibility index (Phi) is 4.36. The maximum atomic E-state index is 11.2. The molecule has 1 heterocycles. The highest BCUT2D eigenvalue weighted by Gasteiger charge is 2.13. The van der Waals surface area contributed by atoms with Crippen LogP contribution in [0.25, 0.3) is 21.9 Å². The number of carbonyl (C=O) groups is 1. The molecule has 3 nitrogen and oxygen atoms in total. The number of aromatic nitrogens is 1. The van der Waals surface area contributed by atoms with E-state index in [2.05, 4.69) is 20.9 Å². The standard InChI is InChI=1S/C17H12BrNO2S/c18-13-6-2-1-5-11(13)9-12(10-16(20)21)17-19-14-7-3-4-8-15(14)22-17/h1-9H,10H2,(H,20,21)/b12-9-. The van der Waals surface area contributed by atoms with E-state index in [4.69, 9.17) is 0 Å². The topological polar surface area (TPSA) is 50.2 Å². The number of benzene rings is 2. The summed E-state index contributed by atoms with van der Waals surface area (Å²) in [5, 5.41) is 9.94. The molecule has 110 valence electrons. The minimum atomic E-state index is -0.863. The maximum absolute atomic E-state index is 11.2. The molecule has 3 rings (SSSR count). The molecule has 1 N–H and O–H groups in total. The van der Waals surface area contributed by atoms with Gasteiger partial charge in [-0.1, -0.05) is 46.3 Å². The van der Waals surface area contributed by atoms with Crippen molar-refractivity contribution in [2.75, 3.05) is 0 Å². The summed E-state index contributed by atoms with van der Waals surface area (Å²) in [5.74, 6) is -0.863. The molecular formula is C17H12BrNO2S. The number of carboxylic acid groups (broad SMARTS) is 1. The Morgan fingerprint density at radius 3 is 2.64 bits per heavy atom. The lowest BCUT2D eigenvalue weighted by molar-refractivity contribution is -0.135. The normalized spacial score (nSPS) is 11.8. The maximum Gasteiger partial charge on any atom is 0.307 e. The Balaban J connectivity index is 2.10. The van der Waals surface area contributed by atoms with Gasteiger partial charge in [0.25, 0.3) is 0 Å². The fraction of sp³-hybridized carbons (Fsp3) is 0.0588. The molecule has 0 aliphatic carbocycles. The first kappa shape index (κ1) is 14.9. The number of rotatable bonds is 4. The third-order valence-corrected chi connectivity index (χ3v) is 4.98. The van der Waals surface area contributed by atoms with Crippen LogP contribution in [0.5, 0.6) is 0 Å². The van der Waals surface area contributed by atoms with E-state index in [1.54, 1.807) is 0 Å². The van der Waals surface area contributed by atoms with Gasteiger partial charge in [-0.25, -0.2) is 4.98 Å². The number of aliphatic carboxylic acids is 1. The molecule has 22 heavy (non-hydrogen) atoms. The van der Waals surface area contributed by atoms with Gasteiger partial charge in [0.05, 0.1) is 16.6 Å². The van der Waals surface area contributed by atoms with Crippen LogP contribution >= 0.6 is 27.3 Å². The fourth-order valence-electron chi connectivity index (χ4n) is 2.14. The fourth-order valence-corrected chi connectivity index (χ4v) is 3.52. The first-order valence-corrected chi connectivity index (χ1v) is 8.27. The second-order valence-electron chi connectivity index (χ2n) is 4.75. The van der Waals surface area contributed by atoms with Crippen molar-refractivity contribution >= 4 is 55.1 Å². The van der Waals surface area contributed by atoms with Gasteiger partial charge in [-0.3, -0.25) is 4.79 Å². The van der Waals surface area contributed by atoms with Gasteiger partial charge in [0, 0.05) is 4.47 Å². The number of nitrogens with zero attached hydrogens (tertiary/aromatic N) is 1. The SMILES string of the molecule is O=C(O)C/C(=C/c1ccccc1Br)c1nc2ccccc2s1. The molecule has 0 bridgehead atoms. The molecule has 2 aromatic carbocycles. The van der Waals surface area contributed by atoms with E-state index in [0.29, 0.717) is 5.57 Å². The van der Waals surface area contributed by atoms with Gasteiger partial charge in [-0.2, -0.15) is 0 Å². The molecule has 0 unspecified atom stereocenters. The van der Waals surface area contributed by atoms with E-state index >= 15 is 0 Å². The monoisotopic (exact) mass is 373 g/mol. The van der Waals surface area contributed by atoms with Crippen molar-refractivity contribution in [2.45, 2.75) is 6.42 Å². The summed E-state index contributed by atoms with van der Waals surface area (Å²) in [6.07, 6.45) is 1.83. The second kappa shape index (κ2) is 6.42. The second-order valence-corrected chi connectivity index (χ2v) is 6.63. The van der Waals surface area contributed by atoms with Crippen LogP contribution in [0.1, 0.15) is 17.0 Å². The Bertz CT molecular complexity index is 837. The Morgan fingerprint density at radius 1 is 1.18 bits per heavy atom. The van der Waals surface area contributed by atoms with Crippen molar-refractivity contribution in [2.24, 2.45) is 0 Å². The first-order valence-electron chi connectivity index (χ1n) is 6.66. The van der Waals surface area contributed by atoms with Crippen LogP contribution < -0.4 is 0 Å². The summed E-state index contributed by atoms with van der Waals surface area (Å²) in [6, 6.07) is 15.5. The number of thiazole rings is 1. The van der Waals surface area contributed by atoms with Crippen molar-refractivity contribution in [3.8, 4) is 0 Å². The predicted molar refractivity (Wildman–Crippen MR) is 93.9 cm³/mol.